The van der Waals surface area contributed by atoms with Gasteiger partial charge < -0.3 is 15.1 Å². The molecule has 0 unspecified atom stereocenters. The van der Waals surface area contributed by atoms with Gasteiger partial charge >= 0.3 is 0 Å². The van der Waals surface area contributed by atoms with Gasteiger partial charge in [0.25, 0.3) is 0 Å². The number of hydrogen-bond donors (Lipinski definition) is 1. The second-order valence-corrected chi connectivity index (χ2v) is 7.08. The van der Waals surface area contributed by atoms with Crippen LogP contribution in [0.1, 0.15) is 5.56 Å². The third-order valence-corrected chi connectivity index (χ3v) is 5.02. The molecule has 6 nitrogen and oxygen atoms in total. The Balaban J connectivity index is 1.45. The van der Waals surface area contributed by atoms with Crippen LogP contribution in [0.2, 0.25) is 5.02 Å². The van der Waals surface area contributed by atoms with E-state index < -0.39 is 0 Å². The Hall–Kier alpha value is -2.93. The van der Waals surface area contributed by atoms with Crippen LogP contribution in [-0.2, 0) is 0 Å². The lowest BCUT2D eigenvalue weighted by Gasteiger charge is -2.36. The standard InChI is InChI=1S/C20H20ClFN6/c1-14-6-7-15(21)12-17(14)24-20-25-19(13-23-26-20)28-10-8-27(9-11-28)18-5-3-2-4-16(18)22/h2-7,12-13H,8-11H2,1H3,(H,24,25,26). The summed E-state index contributed by atoms with van der Waals surface area (Å²) in [4.78, 5) is 8.76. The van der Waals surface area contributed by atoms with Crippen molar-refractivity contribution in [2.75, 3.05) is 41.3 Å². The Bertz CT molecular complexity index is 974. The van der Waals surface area contributed by atoms with Crippen molar-refractivity contribution < 1.29 is 4.39 Å². The molecule has 1 saturated heterocycles. The van der Waals surface area contributed by atoms with E-state index in [1.54, 1.807) is 12.3 Å². The molecule has 2 aromatic carbocycles. The fourth-order valence-corrected chi connectivity index (χ4v) is 3.41. The summed E-state index contributed by atoms with van der Waals surface area (Å²) in [5.74, 6) is 0.966. The molecule has 4 rings (SSSR count). The number of hydrogen-bond acceptors (Lipinski definition) is 6. The number of nitrogens with one attached hydrogen (secondary N) is 1. The fourth-order valence-electron chi connectivity index (χ4n) is 3.23. The van der Waals surface area contributed by atoms with Gasteiger partial charge in [0.1, 0.15) is 5.82 Å². The molecule has 3 aromatic rings. The van der Waals surface area contributed by atoms with Crippen molar-refractivity contribution in [2.24, 2.45) is 0 Å². The van der Waals surface area contributed by atoms with Gasteiger partial charge in [-0.3, -0.25) is 0 Å². The monoisotopic (exact) mass is 398 g/mol. The number of para-hydroxylation sites is 1. The Labute approximate surface area is 168 Å². The summed E-state index contributed by atoms with van der Waals surface area (Å²) in [7, 11) is 0. The van der Waals surface area contributed by atoms with Crippen LogP contribution in [0, 0.1) is 12.7 Å². The lowest BCUT2D eigenvalue weighted by molar-refractivity contribution is 0.595. The number of halogens is 2. The third-order valence-electron chi connectivity index (χ3n) is 4.79. The highest BCUT2D eigenvalue weighted by molar-refractivity contribution is 6.30. The third kappa shape index (κ3) is 3.99. The van der Waals surface area contributed by atoms with Crippen LogP contribution in [-0.4, -0.2) is 41.4 Å². The van der Waals surface area contributed by atoms with E-state index >= 15 is 0 Å². The maximum atomic E-state index is 14.0. The second-order valence-electron chi connectivity index (χ2n) is 6.65. The van der Waals surface area contributed by atoms with Crippen molar-refractivity contribution in [1.82, 2.24) is 15.2 Å². The van der Waals surface area contributed by atoms with Crippen molar-refractivity contribution in [3.8, 4) is 0 Å². The average molecular weight is 399 g/mol. The summed E-state index contributed by atoms with van der Waals surface area (Å²) in [6, 6.07) is 12.5. The minimum Gasteiger partial charge on any atom is -0.366 e. The minimum absolute atomic E-state index is 0.192. The van der Waals surface area contributed by atoms with Gasteiger partial charge in [0.15, 0.2) is 5.82 Å². The molecule has 1 aromatic heterocycles. The topological polar surface area (TPSA) is 57.2 Å². The molecule has 1 aliphatic heterocycles. The lowest BCUT2D eigenvalue weighted by atomic mass is 10.2. The molecule has 1 fully saturated rings. The van der Waals surface area contributed by atoms with E-state index in [9.17, 15) is 4.39 Å². The molecule has 0 amide bonds. The molecule has 1 N–H and O–H groups in total. The predicted octanol–water partition coefficient (Wildman–Crippen LogP) is 4.04. The van der Waals surface area contributed by atoms with E-state index in [1.165, 1.54) is 6.07 Å². The highest BCUT2D eigenvalue weighted by atomic mass is 35.5. The molecular weight excluding hydrogens is 379 g/mol. The van der Waals surface area contributed by atoms with Gasteiger partial charge in [0, 0.05) is 36.9 Å². The van der Waals surface area contributed by atoms with Crippen LogP contribution in [0.25, 0.3) is 0 Å². The van der Waals surface area contributed by atoms with E-state index in [4.69, 9.17) is 11.6 Å². The fraction of sp³-hybridized carbons (Fsp3) is 0.250. The van der Waals surface area contributed by atoms with Crippen LogP contribution in [0.5, 0.6) is 0 Å². The molecule has 0 aliphatic carbocycles. The molecule has 8 heteroatoms. The number of rotatable bonds is 4. The first-order chi connectivity index (χ1) is 13.6. The Morgan fingerprint density at radius 3 is 2.57 bits per heavy atom. The molecule has 28 heavy (non-hydrogen) atoms. The summed E-state index contributed by atoms with van der Waals surface area (Å²) in [6.07, 6.45) is 1.65. The maximum Gasteiger partial charge on any atom is 0.249 e. The van der Waals surface area contributed by atoms with E-state index in [2.05, 4.69) is 30.3 Å². The number of aryl methyl sites for hydroxylation is 1. The molecule has 1 aliphatic rings. The van der Waals surface area contributed by atoms with Crippen LogP contribution in [0.3, 0.4) is 0 Å². The molecule has 0 atom stereocenters. The number of piperazine rings is 1. The van der Waals surface area contributed by atoms with Gasteiger partial charge in [0.05, 0.1) is 11.9 Å². The number of benzene rings is 2. The predicted molar refractivity (Wildman–Crippen MR) is 110 cm³/mol. The summed E-state index contributed by atoms with van der Waals surface area (Å²) in [5.41, 5.74) is 2.52. The van der Waals surface area contributed by atoms with Gasteiger partial charge in [-0.25, -0.2) is 4.39 Å². The minimum atomic E-state index is -0.192. The highest BCUT2D eigenvalue weighted by Crippen LogP contribution is 2.24. The van der Waals surface area contributed by atoms with Gasteiger partial charge in [-0.2, -0.15) is 10.1 Å². The Kier molecular flexibility index (Phi) is 5.25. The molecular formula is C20H20ClFN6. The molecule has 0 saturated carbocycles. The van der Waals surface area contributed by atoms with Crippen LogP contribution in [0.15, 0.2) is 48.7 Å². The van der Waals surface area contributed by atoms with E-state index in [1.807, 2.05) is 37.3 Å². The van der Waals surface area contributed by atoms with Crippen molar-refractivity contribution in [3.05, 3.63) is 65.1 Å². The molecule has 144 valence electrons. The largest absolute Gasteiger partial charge is 0.366 e. The van der Waals surface area contributed by atoms with Gasteiger partial charge in [-0.05, 0) is 36.8 Å². The lowest BCUT2D eigenvalue weighted by Crippen LogP contribution is -2.47. The summed E-state index contributed by atoms with van der Waals surface area (Å²) in [6.45, 7) is 4.85. The Morgan fingerprint density at radius 1 is 1.04 bits per heavy atom. The smallest absolute Gasteiger partial charge is 0.249 e. The zero-order valence-electron chi connectivity index (χ0n) is 15.4. The molecule has 0 bridgehead atoms. The van der Waals surface area contributed by atoms with Crippen LogP contribution >= 0.6 is 11.6 Å². The average Bonchev–Trinajstić information content (AvgIpc) is 2.72. The van der Waals surface area contributed by atoms with Crippen molar-refractivity contribution in [3.63, 3.8) is 0 Å². The summed E-state index contributed by atoms with van der Waals surface area (Å²) in [5, 5.41) is 12.0. The number of anilines is 4. The van der Waals surface area contributed by atoms with E-state index in [0.717, 1.165) is 30.2 Å². The zero-order valence-corrected chi connectivity index (χ0v) is 16.2. The van der Waals surface area contributed by atoms with E-state index in [-0.39, 0.29) is 5.82 Å². The van der Waals surface area contributed by atoms with E-state index in [0.29, 0.717) is 29.7 Å². The first-order valence-electron chi connectivity index (χ1n) is 9.07. The SMILES string of the molecule is Cc1ccc(Cl)cc1Nc1nncc(N2CCN(c3ccccc3F)CC2)n1. The second kappa shape index (κ2) is 7.98. The summed E-state index contributed by atoms with van der Waals surface area (Å²) >= 11 is 6.08. The quantitative estimate of drug-likeness (QED) is 0.715. The first kappa shape index (κ1) is 18.4. The van der Waals surface area contributed by atoms with Gasteiger partial charge in [-0.15, -0.1) is 5.10 Å². The molecule has 2 heterocycles. The Morgan fingerprint density at radius 2 is 1.79 bits per heavy atom. The van der Waals surface area contributed by atoms with Crippen molar-refractivity contribution in [1.29, 1.82) is 0 Å². The molecule has 0 radical (unpaired) electrons. The van der Waals surface area contributed by atoms with Gasteiger partial charge in [0.2, 0.25) is 5.95 Å². The zero-order chi connectivity index (χ0) is 19.5. The maximum absolute atomic E-state index is 14.0. The molecule has 0 spiro atoms. The normalized spacial score (nSPS) is 14.2. The first-order valence-corrected chi connectivity index (χ1v) is 9.45. The number of nitrogens with zero attached hydrogens (tertiary/aromatic N) is 5. The highest BCUT2D eigenvalue weighted by Gasteiger charge is 2.21. The summed E-state index contributed by atoms with van der Waals surface area (Å²) < 4.78 is 14.0. The number of aromatic nitrogens is 3. The van der Waals surface area contributed by atoms with Crippen molar-refractivity contribution >= 4 is 34.7 Å². The van der Waals surface area contributed by atoms with Crippen LogP contribution < -0.4 is 15.1 Å². The van der Waals surface area contributed by atoms with Crippen LogP contribution in [0.4, 0.5) is 27.5 Å². The van der Waals surface area contributed by atoms with Crippen molar-refractivity contribution in [2.45, 2.75) is 6.92 Å². The van der Waals surface area contributed by atoms with Gasteiger partial charge in [-0.1, -0.05) is 29.8 Å².